The molecule has 18 heavy (non-hydrogen) atoms. The highest BCUT2D eigenvalue weighted by Crippen LogP contribution is 2.25. The van der Waals surface area contributed by atoms with E-state index in [1.54, 1.807) is 13.0 Å². The molecule has 0 atom stereocenters. The first-order chi connectivity index (χ1) is 8.59. The predicted molar refractivity (Wildman–Crippen MR) is 75.2 cm³/mol. The molecule has 0 N–H and O–H groups in total. The van der Waals surface area contributed by atoms with Gasteiger partial charge in [0.2, 0.25) is 0 Å². The molecule has 1 aromatic carbocycles. The molecule has 0 aliphatic carbocycles. The first kappa shape index (κ1) is 14.4. The van der Waals surface area contributed by atoms with Crippen molar-refractivity contribution >= 4 is 0 Å². The second-order valence-corrected chi connectivity index (χ2v) is 4.03. The van der Waals surface area contributed by atoms with Gasteiger partial charge >= 0.3 is 0 Å². The van der Waals surface area contributed by atoms with Gasteiger partial charge in [-0.05, 0) is 44.0 Å². The second kappa shape index (κ2) is 6.29. The first-order valence-corrected chi connectivity index (χ1v) is 6.29. The number of pyridine rings is 1. The molecular formula is C16H20FN. The highest BCUT2D eigenvalue weighted by Gasteiger charge is 2.08. The number of nitrogens with zero attached hydrogens (tertiary/aromatic N) is 1. The van der Waals surface area contributed by atoms with E-state index >= 15 is 0 Å². The molecule has 1 nitrogen and oxygen atoms in total. The summed E-state index contributed by atoms with van der Waals surface area (Å²) in [5.41, 5.74) is 4.72. The third-order valence-electron chi connectivity index (χ3n) is 2.76. The van der Waals surface area contributed by atoms with Crippen molar-refractivity contribution in [2.75, 3.05) is 0 Å². The summed E-state index contributed by atoms with van der Waals surface area (Å²) in [4.78, 5) is 4.29. The molecule has 0 unspecified atom stereocenters. The van der Waals surface area contributed by atoms with Crippen LogP contribution in [0.15, 0.2) is 30.3 Å². The largest absolute Gasteiger partial charge is 0.250 e. The third-order valence-corrected chi connectivity index (χ3v) is 2.76. The molecule has 1 aromatic heterocycles. The van der Waals surface area contributed by atoms with E-state index in [0.29, 0.717) is 5.69 Å². The summed E-state index contributed by atoms with van der Waals surface area (Å²) in [5, 5.41) is 0. The molecule has 1 heterocycles. The zero-order chi connectivity index (χ0) is 13.7. The zero-order valence-electron chi connectivity index (χ0n) is 11.7. The molecule has 0 spiro atoms. The quantitative estimate of drug-likeness (QED) is 0.700. The molecule has 0 saturated heterocycles. The predicted octanol–water partition coefficient (Wildman–Crippen LogP) is 4.84. The highest BCUT2D eigenvalue weighted by molar-refractivity contribution is 5.67. The first-order valence-electron chi connectivity index (χ1n) is 6.29. The number of halogens is 1. The van der Waals surface area contributed by atoms with Crippen molar-refractivity contribution in [1.82, 2.24) is 4.98 Å². The summed E-state index contributed by atoms with van der Waals surface area (Å²) in [6.45, 7) is 9.78. The number of hydrogen-bond donors (Lipinski definition) is 0. The van der Waals surface area contributed by atoms with Gasteiger partial charge in [0.25, 0.3) is 0 Å². The van der Waals surface area contributed by atoms with Crippen LogP contribution in [0.25, 0.3) is 11.3 Å². The fourth-order valence-electron chi connectivity index (χ4n) is 1.90. The Morgan fingerprint density at radius 3 is 1.94 bits per heavy atom. The highest BCUT2D eigenvalue weighted by atomic mass is 19.1. The second-order valence-electron chi connectivity index (χ2n) is 4.03. The van der Waals surface area contributed by atoms with Crippen LogP contribution in [0.5, 0.6) is 0 Å². The van der Waals surface area contributed by atoms with Crippen LogP contribution in [0.4, 0.5) is 4.39 Å². The molecule has 0 aliphatic rings. The maximum absolute atomic E-state index is 13.2. The number of aryl methyl sites for hydroxylation is 3. The molecule has 0 amide bonds. The smallest absolute Gasteiger partial charge is 0.144 e. The van der Waals surface area contributed by atoms with Gasteiger partial charge in [0, 0.05) is 5.56 Å². The van der Waals surface area contributed by atoms with Gasteiger partial charge in [-0.1, -0.05) is 32.0 Å². The van der Waals surface area contributed by atoms with E-state index in [-0.39, 0.29) is 5.82 Å². The SMILES string of the molecule is CC.Cc1cccc(C)c1-c1ccc(F)c(C)n1. The summed E-state index contributed by atoms with van der Waals surface area (Å²) in [6.07, 6.45) is 0. The number of aromatic nitrogens is 1. The Bertz CT molecular complexity index is 512. The lowest BCUT2D eigenvalue weighted by Gasteiger charge is -2.09. The zero-order valence-corrected chi connectivity index (χ0v) is 11.7. The van der Waals surface area contributed by atoms with Crippen molar-refractivity contribution in [3.63, 3.8) is 0 Å². The Hall–Kier alpha value is -1.70. The minimum Gasteiger partial charge on any atom is -0.250 e. The van der Waals surface area contributed by atoms with Crippen LogP contribution in [-0.2, 0) is 0 Å². The molecular weight excluding hydrogens is 225 g/mol. The van der Waals surface area contributed by atoms with E-state index in [4.69, 9.17) is 0 Å². The van der Waals surface area contributed by atoms with Gasteiger partial charge in [-0.3, -0.25) is 4.98 Å². The van der Waals surface area contributed by atoms with Crippen LogP contribution < -0.4 is 0 Å². The van der Waals surface area contributed by atoms with Crippen molar-refractivity contribution in [3.8, 4) is 11.3 Å². The molecule has 0 saturated carbocycles. The van der Waals surface area contributed by atoms with E-state index < -0.39 is 0 Å². The molecule has 0 aliphatic heterocycles. The third kappa shape index (κ3) is 2.95. The van der Waals surface area contributed by atoms with Gasteiger partial charge in [0.1, 0.15) is 5.82 Å². The molecule has 0 radical (unpaired) electrons. The topological polar surface area (TPSA) is 12.9 Å². The van der Waals surface area contributed by atoms with Crippen molar-refractivity contribution in [3.05, 3.63) is 53.0 Å². The average molecular weight is 245 g/mol. The van der Waals surface area contributed by atoms with E-state index in [1.807, 2.05) is 45.9 Å². The van der Waals surface area contributed by atoms with E-state index in [0.717, 1.165) is 11.3 Å². The van der Waals surface area contributed by atoms with Gasteiger partial charge in [0.15, 0.2) is 0 Å². The van der Waals surface area contributed by atoms with E-state index in [1.165, 1.54) is 17.2 Å². The lowest BCUT2D eigenvalue weighted by atomic mass is 9.99. The van der Waals surface area contributed by atoms with Crippen molar-refractivity contribution < 1.29 is 4.39 Å². The Kier molecular flexibility index (Phi) is 5.02. The minimum absolute atomic E-state index is 0.255. The average Bonchev–Trinajstić information content (AvgIpc) is 2.36. The lowest BCUT2D eigenvalue weighted by Crippen LogP contribution is -1.94. The lowest BCUT2D eigenvalue weighted by molar-refractivity contribution is 0.610. The van der Waals surface area contributed by atoms with Crippen molar-refractivity contribution in [1.29, 1.82) is 0 Å². The maximum atomic E-state index is 13.2. The normalized spacial score (nSPS) is 9.67. The van der Waals surface area contributed by atoms with E-state index in [2.05, 4.69) is 4.98 Å². The van der Waals surface area contributed by atoms with Crippen LogP contribution in [0.1, 0.15) is 30.7 Å². The summed E-state index contributed by atoms with van der Waals surface area (Å²) in [7, 11) is 0. The molecule has 96 valence electrons. The monoisotopic (exact) mass is 245 g/mol. The Balaban J connectivity index is 0.000000771. The van der Waals surface area contributed by atoms with Gasteiger partial charge < -0.3 is 0 Å². The van der Waals surface area contributed by atoms with Gasteiger partial charge in [-0.25, -0.2) is 4.39 Å². The van der Waals surface area contributed by atoms with Crippen LogP contribution >= 0.6 is 0 Å². The summed E-state index contributed by atoms with van der Waals surface area (Å²) in [6, 6.07) is 9.32. The summed E-state index contributed by atoms with van der Waals surface area (Å²) in [5.74, 6) is -0.255. The van der Waals surface area contributed by atoms with Crippen molar-refractivity contribution in [2.24, 2.45) is 0 Å². The fourth-order valence-corrected chi connectivity index (χ4v) is 1.90. The minimum atomic E-state index is -0.255. The summed E-state index contributed by atoms with van der Waals surface area (Å²) >= 11 is 0. The van der Waals surface area contributed by atoms with Gasteiger partial charge in [0.05, 0.1) is 11.4 Å². The van der Waals surface area contributed by atoms with Crippen molar-refractivity contribution in [2.45, 2.75) is 34.6 Å². The number of hydrogen-bond acceptors (Lipinski definition) is 1. The number of rotatable bonds is 1. The summed E-state index contributed by atoms with van der Waals surface area (Å²) < 4.78 is 13.2. The Morgan fingerprint density at radius 1 is 0.889 bits per heavy atom. The van der Waals surface area contributed by atoms with Gasteiger partial charge in [-0.15, -0.1) is 0 Å². The maximum Gasteiger partial charge on any atom is 0.144 e. The fraction of sp³-hybridized carbons (Fsp3) is 0.312. The molecule has 2 rings (SSSR count). The standard InChI is InChI=1S/C14H14FN.C2H6/c1-9-5-4-6-10(2)14(9)13-8-7-12(15)11(3)16-13;1-2/h4-8H,1-3H3;1-2H3. The molecule has 2 aromatic rings. The van der Waals surface area contributed by atoms with Crippen LogP contribution in [0, 0.1) is 26.6 Å². The van der Waals surface area contributed by atoms with Gasteiger partial charge in [-0.2, -0.15) is 0 Å². The Morgan fingerprint density at radius 2 is 1.44 bits per heavy atom. The van der Waals surface area contributed by atoms with E-state index in [9.17, 15) is 4.39 Å². The Labute approximate surface area is 109 Å². The molecule has 0 bridgehead atoms. The van der Waals surface area contributed by atoms with Crippen LogP contribution in [0.2, 0.25) is 0 Å². The molecule has 0 fully saturated rings. The van der Waals surface area contributed by atoms with Crippen LogP contribution in [0.3, 0.4) is 0 Å². The van der Waals surface area contributed by atoms with Crippen LogP contribution in [-0.4, -0.2) is 4.98 Å². The molecule has 2 heteroatoms. The number of benzene rings is 1.